The molecule has 2 aliphatic rings. The second kappa shape index (κ2) is 7.51. The molecule has 2 fully saturated rings. The van der Waals surface area contributed by atoms with Gasteiger partial charge in [-0.3, -0.25) is 4.79 Å². The molecule has 1 aromatic rings. The fourth-order valence-electron chi connectivity index (χ4n) is 3.92. The van der Waals surface area contributed by atoms with Crippen LogP contribution >= 0.6 is 0 Å². The Hall–Kier alpha value is -1.62. The first-order chi connectivity index (χ1) is 11.5. The Morgan fingerprint density at radius 1 is 1.29 bits per heavy atom. The van der Waals surface area contributed by atoms with E-state index in [1.54, 1.807) is 12.3 Å². The van der Waals surface area contributed by atoms with Gasteiger partial charge in [0.05, 0.1) is 12.2 Å². The van der Waals surface area contributed by atoms with E-state index in [-0.39, 0.29) is 24.2 Å². The highest BCUT2D eigenvalue weighted by molar-refractivity contribution is 5.95. The van der Waals surface area contributed by atoms with Crippen molar-refractivity contribution in [3.05, 3.63) is 23.9 Å². The van der Waals surface area contributed by atoms with Crippen molar-refractivity contribution in [2.24, 2.45) is 5.92 Å². The molecule has 0 aliphatic carbocycles. The summed E-state index contributed by atoms with van der Waals surface area (Å²) < 4.78 is 5.74. The van der Waals surface area contributed by atoms with Gasteiger partial charge in [0.15, 0.2) is 0 Å². The third kappa shape index (κ3) is 4.26. The topological polar surface area (TPSA) is 54.5 Å². The maximum Gasteiger partial charge on any atom is 0.251 e. The first-order valence-corrected chi connectivity index (χ1v) is 9.18. The molecule has 3 rings (SSSR count). The Labute approximate surface area is 144 Å². The standard InChI is InChI=1S/C19H29N3O2/c1-13-5-4-8-22(12-13)18-11-16(6-7-20-18)19(23)21-17-9-14(2)24-15(3)10-17/h6-7,11,13-15,17H,4-5,8-10,12H2,1-3H3,(H,21,23)/t13-,14-,15-/m1/s1. The van der Waals surface area contributed by atoms with Gasteiger partial charge in [0, 0.05) is 30.9 Å². The molecule has 0 aromatic carbocycles. The predicted octanol–water partition coefficient (Wildman–Crippen LogP) is 3.00. The molecular weight excluding hydrogens is 302 g/mol. The highest BCUT2D eigenvalue weighted by Crippen LogP contribution is 2.23. The van der Waals surface area contributed by atoms with Crippen molar-refractivity contribution in [2.75, 3.05) is 18.0 Å². The van der Waals surface area contributed by atoms with E-state index in [1.807, 2.05) is 6.07 Å². The number of nitrogens with zero attached hydrogens (tertiary/aromatic N) is 2. The maximum absolute atomic E-state index is 12.6. The van der Waals surface area contributed by atoms with Crippen LogP contribution in [0.15, 0.2) is 18.3 Å². The number of anilines is 1. The molecule has 1 N–H and O–H groups in total. The number of pyridine rings is 1. The second-order valence-electron chi connectivity index (χ2n) is 7.50. The highest BCUT2D eigenvalue weighted by Gasteiger charge is 2.26. The fourth-order valence-corrected chi connectivity index (χ4v) is 3.92. The third-order valence-electron chi connectivity index (χ3n) is 5.02. The number of piperidine rings is 1. The average Bonchev–Trinajstić information content (AvgIpc) is 2.54. The lowest BCUT2D eigenvalue weighted by molar-refractivity contribution is -0.0408. The Morgan fingerprint density at radius 3 is 2.75 bits per heavy atom. The molecule has 0 radical (unpaired) electrons. The van der Waals surface area contributed by atoms with Crippen molar-refractivity contribution in [1.82, 2.24) is 10.3 Å². The lowest BCUT2D eigenvalue weighted by atomic mass is 9.99. The molecule has 1 amide bonds. The largest absolute Gasteiger partial charge is 0.375 e. The minimum absolute atomic E-state index is 0.00462. The van der Waals surface area contributed by atoms with E-state index in [4.69, 9.17) is 4.74 Å². The number of hydrogen-bond acceptors (Lipinski definition) is 4. The monoisotopic (exact) mass is 331 g/mol. The molecule has 0 unspecified atom stereocenters. The second-order valence-corrected chi connectivity index (χ2v) is 7.50. The van der Waals surface area contributed by atoms with Crippen molar-refractivity contribution >= 4 is 11.7 Å². The zero-order valence-electron chi connectivity index (χ0n) is 15.0. The minimum atomic E-state index is -0.00462. The first kappa shape index (κ1) is 17.2. The summed E-state index contributed by atoms with van der Waals surface area (Å²) in [7, 11) is 0. The van der Waals surface area contributed by atoms with Gasteiger partial charge in [0.25, 0.3) is 5.91 Å². The maximum atomic E-state index is 12.6. The average molecular weight is 331 g/mol. The molecule has 3 heterocycles. The first-order valence-electron chi connectivity index (χ1n) is 9.18. The van der Waals surface area contributed by atoms with E-state index in [1.165, 1.54) is 12.8 Å². The van der Waals surface area contributed by atoms with Gasteiger partial charge in [-0.25, -0.2) is 4.98 Å². The fraction of sp³-hybridized carbons (Fsp3) is 0.684. The summed E-state index contributed by atoms with van der Waals surface area (Å²) in [6, 6.07) is 3.92. The van der Waals surface area contributed by atoms with Crippen LogP contribution in [0, 0.1) is 5.92 Å². The third-order valence-corrected chi connectivity index (χ3v) is 5.02. The van der Waals surface area contributed by atoms with Gasteiger partial charge < -0.3 is 15.0 Å². The van der Waals surface area contributed by atoms with Gasteiger partial charge >= 0.3 is 0 Å². The Bertz CT molecular complexity index is 567. The van der Waals surface area contributed by atoms with Crippen LogP contribution in [0.2, 0.25) is 0 Å². The number of ether oxygens (including phenoxy) is 1. The van der Waals surface area contributed by atoms with E-state index >= 15 is 0 Å². The Kier molecular flexibility index (Phi) is 5.39. The summed E-state index contributed by atoms with van der Waals surface area (Å²) in [6.07, 6.45) is 6.35. The number of hydrogen-bond donors (Lipinski definition) is 1. The van der Waals surface area contributed by atoms with Crippen LogP contribution in [0.1, 0.15) is 56.8 Å². The van der Waals surface area contributed by atoms with Gasteiger partial charge in [0.2, 0.25) is 0 Å². The van der Waals surface area contributed by atoms with Crippen LogP contribution in [0.5, 0.6) is 0 Å². The molecule has 2 aliphatic heterocycles. The van der Waals surface area contributed by atoms with Crippen LogP contribution in [0.25, 0.3) is 0 Å². The van der Waals surface area contributed by atoms with Crippen molar-refractivity contribution in [3.63, 3.8) is 0 Å². The normalized spacial score (nSPS) is 30.9. The lowest BCUT2D eigenvalue weighted by Gasteiger charge is -2.33. The smallest absolute Gasteiger partial charge is 0.251 e. The summed E-state index contributed by atoms with van der Waals surface area (Å²) in [5.74, 6) is 1.60. The van der Waals surface area contributed by atoms with Crippen LogP contribution in [0.4, 0.5) is 5.82 Å². The van der Waals surface area contributed by atoms with Gasteiger partial charge in [-0.05, 0) is 57.6 Å². The van der Waals surface area contributed by atoms with Crippen LogP contribution < -0.4 is 10.2 Å². The molecule has 2 saturated heterocycles. The molecule has 1 aromatic heterocycles. The minimum Gasteiger partial charge on any atom is -0.375 e. The molecule has 24 heavy (non-hydrogen) atoms. The summed E-state index contributed by atoms with van der Waals surface area (Å²) >= 11 is 0. The molecule has 5 heteroatoms. The van der Waals surface area contributed by atoms with E-state index < -0.39 is 0 Å². The molecule has 3 atom stereocenters. The number of carbonyl (C=O) groups excluding carboxylic acids is 1. The summed E-state index contributed by atoms with van der Waals surface area (Å²) in [5.41, 5.74) is 0.699. The summed E-state index contributed by atoms with van der Waals surface area (Å²) in [5, 5.41) is 3.17. The van der Waals surface area contributed by atoms with Crippen molar-refractivity contribution in [2.45, 2.75) is 64.7 Å². The van der Waals surface area contributed by atoms with Crippen molar-refractivity contribution in [1.29, 1.82) is 0 Å². The molecule has 0 bridgehead atoms. The zero-order chi connectivity index (χ0) is 17.1. The predicted molar refractivity (Wildman–Crippen MR) is 95.3 cm³/mol. The molecule has 5 nitrogen and oxygen atoms in total. The van der Waals surface area contributed by atoms with Crippen LogP contribution in [-0.2, 0) is 4.74 Å². The molecular formula is C19H29N3O2. The van der Waals surface area contributed by atoms with Crippen molar-refractivity contribution in [3.8, 4) is 0 Å². The van der Waals surface area contributed by atoms with Crippen molar-refractivity contribution < 1.29 is 9.53 Å². The number of aromatic nitrogens is 1. The van der Waals surface area contributed by atoms with E-state index in [9.17, 15) is 4.79 Å². The van der Waals surface area contributed by atoms with E-state index in [0.717, 1.165) is 31.7 Å². The Morgan fingerprint density at radius 2 is 2.04 bits per heavy atom. The Balaban J connectivity index is 1.65. The van der Waals surface area contributed by atoms with Gasteiger partial charge in [-0.2, -0.15) is 0 Å². The van der Waals surface area contributed by atoms with Crippen LogP contribution in [0.3, 0.4) is 0 Å². The van der Waals surface area contributed by atoms with Gasteiger partial charge in [-0.15, -0.1) is 0 Å². The number of nitrogens with one attached hydrogen (secondary N) is 1. The number of amides is 1. The molecule has 0 saturated carbocycles. The number of rotatable bonds is 3. The van der Waals surface area contributed by atoms with E-state index in [0.29, 0.717) is 11.5 Å². The van der Waals surface area contributed by atoms with Crippen LogP contribution in [-0.4, -0.2) is 42.2 Å². The number of carbonyl (C=O) groups is 1. The van der Waals surface area contributed by atoms with E-state index in [2.05, 4.69) is 36.0 Å². The summed E-state index contributed by atoms with van der Waals surface area (Å²) in [6.45, 7) is 8.45. The SMILES string of the molecule is C[C@@H]1CCCN(c2cc(C(=O)NC3C[C@@H](C)O[C@H](C)C3)ccn2)C1. The highest BCUT2D eigenvalue weighted by atomic mass is 16.5. The van der Waals surface area contributed by atoms with Gasteiger partial charge in [-0.1, -0.05) is 6.92 Å². The quantitative estimate of drug-likeness (QED) is 0.925. The zero-order valence-corrected chi connectivity index (χ0v) is 15.0. The van der Waals surface area contributed by atoms with Gasteiger partial charge in [0.1, 0.15) is 5.82 Å². The summed E-state index contributed by atoms with van der Waals surface area (Å²) in [4.78, 5) is 19.4. The lowest BCUT2D eigenvalue weighted by Crippen LogP contribution is -2.44. The molecule has 0 spiro atoms. The molecule has 132 valence electrons.